The molecule has 0 saturated heterocycles. The molecule has 2 heterocycles. The number of hydrogen-bond acceptors (Lipinski definition) is 6. The number of nitrogens with two attached hydrogens (primary N) is 1. The summed E-state index contributed by atoms with van der Waals surface area (Å²) >= 11 is 1.41. The molecule has 2 rings (SSSR count). The fourth-order valence-electron chi connectivity index (χ4n) is 1.20. The minimum Gasteiger partial charge on any atom is -0.383 e. The summed E-state index contributed by atoms with van der Waals surface area (Å²) in [7, 11) is -3.64. The Bertz CT molecular complexity index is 595. The van der Waals surface area contributed by atoms with E-state index in [1.165, 1.54) is 29.7 Å². The fourth-order valence-corrected chi connectivity index (χ4v) is 2.84. The number of aromatic nitrogens is 2. The molecule has 0 atom stereocenters. The lowest BCUT2D eigenvalue weighted by Gasteiger charge is -2.06. The van der Waals surface area contributed by atoms with Crippen molar-refractivity contribution in [1.29, 1.82) is 0 Å². The van der Waals surface area contributed by atoms with Crippen molar-refractivity contribution < 1.29 is 8.42 Å². The van der Waals surface area contributed by atoms with Crippen LogP contribution >= 0.6 is 11.3 Å². The minimum absolute atomic E-state index is 0.0155. The number of nitrogen functional groups attached to an aromatic ring is 1. The van der Waals surface area contributed by atoms with E-state index in [1.54, 1.807) is 10.9 Å². The van der Waals surface area contributed by atoms with Crippen molar-refractivity contribution >= 4 is 27.2 Å². The van der Waals surface area contributed by atoms with E-state index in [0.29, 0.717) is 5.69 Å². The second kappa shape index (κ2) is 4.78. The van der Waals surface area contributed by atoms with Gasteiger partial charge in [0.15, 0.2) is 0 Å². The molecule has 6 nitrogen and oxygen atoms in total. The van der Waals surface area contributed by atoms with Crippen molar-refractivity contribution in [3.63, 3.8) is 0 Å². The van der Waals surface area contributed by atoms with Gasteiger partial charge in [-0.2, -0.15) is 0 Å². The smallest absolute Gasteiger partial charge is 0.244 e. The normalized spacial score (nSPS) is 11.5. The van der Waals surface area contributed by atoms with Crippen molar-refractivity contribution in [1.82, 2.24) is 14.7 Å². The van der Waals surface area contributed by atoms with Crippen molar-refractivity contribution in [2.45, 2.75) is 11.4 Å². The van der Waals surface area contributed by atoms with E-state index in [1.807, 2.05) is 0 Å². The Hall–Kier alpha value is -1.51. The first-order valence-corrected chi connectivity index (χ1v) is 7.09. The molecule has 3 N–H and O–H groups in total. The van der Waals surface area contributed by atoms with Crippen molar-refractivity contribution in [2.75, 3.05) is 5.73 Å². The SMILES string of the molecule is Nc1ncccc1S(=O)(=O)NCc1cscn1. The van der Waals surface area contributed by atoms with Gasteiger partial charge in [0.1, 0.15) is 10.7 Å². The number of nitrogens with one attached hydrogen (secondary N) is 1. The standard InChI is InChI=1S/C9H10N4O2S2/c10-9-8(2-1-3-11-9)17(14,15)13-4-7-5-16-6-12-7/h1-3,5-6,13H,4H2,(H2,10,11). The van der Waals surface area contributed by atoms with Gasteiger partial charge in [0, 0.05) is 11.6 Å². The summed E-state index contributed by atoms with van der Waals surface area (Å²) in [5.41, 5.74) is 7.82. The van der Waals surface area contributed by atoms with Crippen molar-refractivity contribution in [3.05, 3.63) is 34.9 Å². The molecule has 17 heavy (non-hydrogen) atoms. The number of rotatable bonds is 4. The van der Waals surface area contributed by atoms with Crippen LogP contribution in [-0.2, 0) is 16.6 Å². The Morgan fingerprint density at radius 2 is 2.24 bits per heavy atom. The molecule has 90 valence electrons. The molecule has 0 aliphatic heterocycles. The average Bonchev–Trinajstić information content (AvgIpc) is 2.80. The molecule has 8 heteroatoms. The first-order valence-electron chi connectivity index (χ1n) is 4.67. The average molecular weight is 270 g/mol. The molecule has 0 fully saturated rings. The minimum atomic E-state index is -3.64. The summed E-state index contributed by atoms with van der Waals surface area (Å²) in [6.07, 6.45) is 1.44. The number of pyridine rings is 1. The number of hydrogen-bond donors (Lipinski definition) is 2. The lowest BCUT2D eigenvalue weighted by atomic mass is 10.5. The van der Waals surface area contributed by atoms with Gasteiger partial charge in [-0.05, 0) is 12.1 Å². The Kier molecular flexibility index (Phi) is 3.36. The molecule has 0 aliphatic carbocycles. The Morgan fingerprint density at radius 3 is 2.88 bits per heavy atom. The van der Waals surface area contributed by atoms with Crippen LogP contribution in [0.3, 0.4) is 0 Å². The molecule has 2 aromatic heterocycles. The number of anilines is 1. The lowest BCUT2D eigenvalue weighted by Crippen LogP contribution is -2.24. The van der Waals surface area contributed by atoms with Gasteiger partial charge in [-0.25, -0.2) is 23.1 Å². The van der Waals surface area contributed by atoms with E-state index in [9.17, 15) is 8.42 Å². The van der Waals surface area contributed by atoms with E-state index < -0.39 is 10.0 Å². The first kappa shape index (κ1) is 12.0. The van der Waals surface area contributed by atoms with Gasteiger partial charge in [0.2, 0.25) is 10.0 Å². The van der Waals surface area contributed by atoms with Crippen LogP contribution in [-0.4, -0.2) is 18.4 Å². The zero-order valence-electron chi connectivity index (χ0n) is 8.70. The quantitative estimate of drug-likeness (QED) is 0.847. The van der Waals surface area contributed by atoms with Crippen LogP contribution in [0.1, 0.15) is 5.69 Å². The first-order chi connectivity index (χ1) is 8.09. The number of nitrogens with zero attached hydrogens (tertiary/aromatic N) is 2. The molecule has 0 aromatic carbocycles. The van der Waals surface area contributed by atoms with Crippen LogP contribution in [0.15, 0.2) is 34.1 Å². The van der Waals surface area contributed by atoms with Gasteiger partial charge in [-0.15, -0.1) is 11.3 Å². The topological polar surface area (TPSA) is 98.0 Å². The van der Waals surface area contributed by atoms with E-state index in [0.717, 1.165) is 0 Å². The summed E-state index contributed by atoms with van der Waals surface area (Å²) < 4.78 is 26.2. The van der Waals surface area contributed by atoms with E-state index in [2.05, 4.69) is 14.7 Å². The maximum atomic E-state index is 11.9. The summed E-state index contributed by atoms with van der Waals surface area (Å²) in [5.74, 6) is -0.0155. The molecule has 0 spiro atoms. The Labute approximate surface area is 103 Å². The molecule has 0 saturated carbocycles. The van der Waals surface area contributed by atoms with E-state index in [-0.39, 0.29) is 17.3 Å². The number of sulfonamides is 1. The van der Waals surface area contributed by atoms with Crippen LogP contribution in [0.25, 0.3) is 0 Å². The van der Waals surface area contributed by atoms with E-state index >= 15 is 0 Å². The van der Waals surface area contributed by atoms with Gasteiger partial charge >= 0.3 is 0 Å². The summed E-state index contributed by atoms with van der Waals surface area (Å²) in [6, 6.07) is 2.93. The van der Waals surface area contributed by atoms with Crippen molar-refractivity contribution in [2.24, 2.45) is 0 Å². The highest BCUT2D eigenvalue weighted by atomic mass is 32.2. The molecule has 0 radical (unpaired) electrons. The summed E-state index contributed by atoms with van der Waals surface area (Å²) in [5, 5.41) is 1.77. The zero-order valence-corrected chi connectivity index (χ0v) is 10.3. The molecule has 2 aromatic rings. The Morgan fingerprint density at radius 1 is 1.41 bits per heavy atom. The van der Waals surface area contributed by atoms with Gasteiger partial charge < -0.3 is 5.73 Å². The second-order valence-electron chi connectivity index (χ2n) is 3.19. The fraction of sp³-hybridized carbons (Fsp3) is 0.111. The highest BCUT2D eigenvalue weighted by Gasteiger charge is 2.17. The molecular formula is C9H10N4O2S2. The molecule has 0 bridgehead atoms. The molecule has 0 aliphatic rings. The van der Waals surface area contributed by atoms with E-state index in [4.69, 9.17) is 5.73 Å². The monoisotopic (exact) mass is 270 g/mol. The largest absolute Gasteiger partial charge is 0.383 e. The van der Waals surface area contributed by atoms with Crippen LogP contribution in [0, 0.1) is 0 Å². The number of thiazole rings is 1. The maximum Gasteiger partial charge on any atom is 0.244 e. The molecule has 0 amide bonds. The highest BCUT2D eigenvalue weighted by molar-refractivity contribution is 7.89. The highest BCUT2D eigenvalue weighted by Crippen LogP contribution is 2.14. The predicted molar refractivity (Wildman–Crippen MR) is 64.8 cm³/mol. The second-order valence-corrected chi connectivity index (χ2v) is 5.65. The van der Waals surface area contributed by atoms with Gasteiger partial charge in [0.25, 0.3) is 0 Å². The summed E-state index contributed by atoms with van der Waals surface area (Å²) in [4.78, 5) is 7.70. The van der Waals surface area contributed by atoms with Crippen LogP contribution in [0.4, 0.5) is 5.82 Å². The van der Waals surface area contributed by atoms with Gasteiger partial charge in [-0.1, -0.05) is 0 Å². The summed E-state index contributed by atoms with van der Waals surface area (Å²) in [6.45, 7) is 0.139. The van der Waals surface area contributed by atoms with Crippen LogP contribution in [0.2, 0.25) is 0 Å². The maximum absolute atomic E-state index is 11.9. The van der Waals surface area contributed by atoms with Gasteiger partial charge in [0.05, 0.1) is 17.7 Å². The third kappa shape index (κ3) is 2.78. The third-order valence-corrected chi connectivity index (χ3v) is 4.10. The zero-order chi connectivity index (χ0) is 12.3. The van der Waals surface area contributed by atoms with Gasteiger partial charge in [-0.3, -0.25) is 0 Å². The van der Waals surface area contributed by atoms with Crippen LogP contribution in [0.5, 0.6) is 0 Å². The lowest BCUT2D eigenvalue weighted by molar-refractivity contribution is 0.580. The predicted octanol–water partition coefficient (Wildman–Crippen LogP) is 0.599. The third-order valence-electron chi connectivity index (χ3n) is 2.02. The molecular weight excluding hydrogens is 260 g/mol. The molecule has 0 unspecified atom stereocenters. The van der Waals surface area contributed by atoms with Crippen molar-refractivity contribution in [3.8, 4) is 0 Å². The van der Waals surface area contributed by atoms with Crippen LogP contribution < -0.4 is 10.5 Å². The Balaban J connectivity index is 2.17.